The summed E-state index contributed by atoms with van der Waals surface area (Å²) < 4.78 is 5.25. The number of piperazine rings is 1. The number of likely N-dealkylation sites (N-methyl/N-ethyl adjacent to an activating group) is 1. The molecule has 0 aromatic heterocycles. The number of anilines is 2. The number of hydrogen-bond acceptors (Lipinski definition) is 5. The zero-order valence-corrected chi connectivity index (χ0v) is 18.2. The summed E-state index contributed by atoms with van der Waals surface area (Å²) in [5.41, 5.74) is 3.05. The first-order valence-corrected chi connectivity index (χ1v) is 10.8. The Hall–Kier alpha value is -3.06. The zero-order chi connectivity index (χ0) is 21.8. The van der Waals surface area contributed by atoms with Gasteiger partial charge in [0.2, 0.25) is 11.8 Å². The molecule has 2 aliphatic heterocycles. The summed E-state index contributed by atoms with van der Waals surface area (Å²) in [7, 11) is 3.74. The number of ether oxygens (including phenoxy) is 1. The minimum atomic E-state index is -0.352. The summed E-state index contributed by atoms with van der Waals surface area (Å²) in [5, 5.41) is 3.06. The fraction of sp³-hybridized carbons (Fsp3) is 0.417. The van der Waals surface area contributed by atoms with E-state index in [1.54, 1.807) is 12.0 Å². The van der Waals surface area contributed by atoms with Crippen molar-refractivity contribution in [1.29, 1.82) is 0 Å². The van der Waals surface area contributed by atoms with Crippen molar-refractivity contribution in [3.63, 3.8) is 0 Å². The average Bonchev–Trinajstić information content (AvgIpc) is 3.20. The van der Waals surface area contributed by atoms with Crippen molar-refractivity contribution in [3.05, 3.63) is 54.1 Å². The van der Waals surface area contributed by atoms with Crippen LogP contribution in [0.3, 0.4) is 0 Å². The van der Waals surface area contributed by atoms with Crippen LogP contribution in [0.4, 0.5) is 11.4 Å². The summed E-state index contributed by atoms with van der Waals surface area (Å²) in [6, 6.07) is 15.6. The number of carbonyl (C=O) groups is 2. The third-order valence-electron chi connectivity index (χ3n) is 6.15. The topological polar surface area (TPSA) is 65.1 Å². The highest BCUT2D eigenvalue weighted by Crippen LogP contribution is 2.28. The Morgan fingerprint density at radius 1 is 1.10 bits per heavy atom. The van der Waals surface area contributed by atoms with Crippen LogP contribution in [-0.2, 0) is 16.1 Å². The van der Waals surface area contributed by atoms with Crippen LogP contribution in [0.5, 0.6) is 5.75 Å². The van der Waals surface area contributed by atoms with E-state index in [1.165, 1.54) is 5.69 Å². The Labute approximate surface area is 183 Å². The van der Waals surface area contributed by atoms with E-state index in [4.69, 9.17) is 4.74 Å². The predicted molar refractivity (Wildman–Crippen MR) is 121 cm³/mol. The molecule has 0 bridgehead atoms. The maximum atomic E-state index is 12.9. The number of nitrogens with one attached hydrogen (secondary N) is 1. The van der Waals surface area contributed by atoms with Crippen LogP contribution in [0.25, 0.3) is 0 Å². The maximum absolute atomic E-state index is 12.9. The molecular weight excluding hydrogens is 392 g/mol. The Morgan fingerprint density at radius 3 is 2.65 bits per heavy atom. The first kappa shape index (κ1) is 21.2. The molecule has 2 aromatic carbocycles. The lowest BCUT2D eigenvalue weighted by molar-refractivity contribution is -0.126. The molecule has 2 fully saturated rings. The third kappa shape index (κ3) is 4.82. The molecule has 7 heteroatoms. The predicted octanol–water partition coefficient (Wildman–Crippen LogP) is 2.12. The molecule has 2 aliphatic rings. The smallest absolute Gasteiger partial charge is 0.227 e. The fourth-order valence-corrected chi connectivity index (χ4v) is 4.25. The Bertz CT molecular complexity index is 940. The first-order chi connectivity index (χ1) is 15.0. The van der Waals surface area contributed by atoms with Gasteiger partial charge in [-0.2, -0.15) is 0 Å². The fourth-order valence-electron chi connectivity index (χ4n) is 4.25. The van der Waals surface area contributed by atoms with E-state index in [2.05, 4.69) is 34.3 Å². The van der Waals surface area contributed by atoms with Gasteiger partial charge in [-0.1, -0.05) is 24.3 Å². The number of methoxy groups -OCH3 is 1. The molecule has 0 saturated carbocycles. The number of nitrogens with zero attached hydrogens (tertiary/aromatic N) is 3. The second kappa shape index (κ2) is 9.39. The SMILES string of the molecule is COc1cccc(N2CC(C(=O)NCc3ccccc3N3CCN(C)CC3)CC2=O)c1. The van der Waals surface area contributed by atoms with E-state index < -0.39 is 0 Å². The highest BCUT2D eigenvalue weighted by Gasteiger charge is 2.35. The van der Waals surface area contributed by atoms with E-state index in [9.17, 15) is 9.59 Å². The number of hydrogen-bond donors (Lipinski definition) is 1. The second-order valence-electron chi connectivity index (χ2n) is 8.24. The standard InChI is InChI=1S/C24H30N4O3/c1-26-10-12-27(13-11-26)22-9-4-3-6-18(22)16-25-24(30)19-14-23(29)28(17-19)20-7-5-8-21(15-20)31-2/h3-9,15,19H,10-14,16-17H2,1-2H3,(H,25,30). The summed E-state index contributed by atoms with van der Waals surface area (Å²) >= 11 is 0. The number of para-hydroxylation sites is 1. The van der Waals surface area contributed by atoms with Gasteiger partial charge in [-0.25, -0.2) is 0 Å². The first-order valence-electron chi connectivity index (χ1n) is 10.8. The van der Waals surface area contributed by atoms with Crippen molar-refractivity contribution in [2.75, 3.05) is 56.7 Å². The van der Waals surface area contributed by atoms with Gasteiger partial charge in [0.15, 0.2) is 0 Å². The summed E-state index contributed by atoms with van der Waals surface area (Å²) in [4.78, 5) is 31.8. The van der Waals surface area contributed by atoms with Crippen LogP contribution in [0.1, 0.15) is 12.0 Å². The van der Waals surface area contributed by atoms with Crippen LogP contribution in [-0.4, -0.2) is 63.6 Å². The van der Waals surface area contributed by atoms with Crippen molar-refractivity contribution in [2.45, 2.75) is 13.0 Å². The van der Waals surface area contributed by atoms with Crippen molar-refractivity contribution in [3.8, 4) is 5.75 Å². The van der Waals surface area contributed by atoms with E-state index in [0.717, 1.165) is 37.4 Å². The third-order valence-corrected chi connectivity index (χ3v) is 6.15. The molecular formula is C24H30N4O3. The monoisotopic (exact) mass is 422 g/mol. The molecule has 2 saturated heterocycles. The molecule has 1 atom stereocenters. The van der Waals surface area contributed by atoms with Gasteiger partial charge in [0, 0.05) is 63.1 Å². The highest BCUT2D eigenvalue weighted by atomic mass is 16.5. The minimum Gasteiger partial charge on any atom is -0.497 e. The lowest BCUT2D eigenvalue weighted by Gasteiger charge is -2.35. The minimum absolute atomic E-state index is 0.0359. The van der Waals surface area contributed by atoms with Crippen LogP contribution in [0.15, 0.2) is 48.5 Å². The molecule has 0 spiro atoms. The van der Waals surface area contributed by atoms with E-state index >= 15 is 0 Å². The molecule has 7 nitrogen and oxygen atoms in total. The number of benzene rings is 2. The number of carbonyl (C=O) groups excluding carboxylic acids is 2. The van der Waals surface area contributed by atoms with E-state index in [-0.39, 0.29) is 24.2 Å². The largest absolute Gasteiger partial charge is 0.497 e. The molecule has 1 N–H and O–H groups in total. The zero-order valence-electron chi connectivity index (χ0n) is 18.2. The van der Waals surface area contributed by atoms with Gasteiger partial charge in [0.05, 0.1) is 13.0 Å². The number of amides is 2. The summed E-state index contributed by atoms with van der Waals surface area (Å²) in [6.45, 7) is 4.88. The lowest BCUT2D eigenvalue weighted by atomic mass is 10.1. The maximum Gasteiger partial charge on any atom is 0.227 e. The molecule has 2 aromatic rings. The van der Waals surface area contributed by atoms with Crippen molar-refractivity contribution >= 4 is 23.2 Å². The van der Waals surface area contributed by atoms with Gasteiger partial charge in [-0.3, -0.25) is 9.59 Å². The van der Waals surface area contributed by atoms with Gasteiger partial charge < -0.3 is 24.8 Å². The van der Waals surface area contributed by atoms with E-state index in [0.29, 0.717) is 18.8 Å². The van der Waals surface area contributed by atoms with Crippen LogP contribution in [0, 0.1) is 5.92 Å². The summed E-state index contributed by atoms with van der Waals surface area (Å²) in [5.74, 6) is 0.228. The Kier molecular flexibility index (Phi) is 6.42. The van der Waals surface area contributed by atoms with Crippen molar-refractivity contribution in [2.24, 2.45) is 5.92 Å². The molecule has 2 heterocycles. The van der Waals surface area contributed by atoms with Crippen molar-refractivity contribution < 1.29 is 14.3 Å². The molecule has 164 valence electrons. The normalized spacial score (nSPS) is 19.5. The summed E-state index contributed by atoms with van der Waals surface area (Å²) in [6.07, 6.45) is 0.225. The highest BCUT2D eigenvalue weighted by molar-refractivity contribution is 6.00. The Balaban J connectivity index is 1.38. The molecule has 1 unspecified atom stereocenters. The second-order valence-corrected chi connectivity index (χ2v) is 8.24. The van der Waals surface area contributed by atoms with Gasteiger partial charge >= 0.3 is 0 Å². The van der Waals surface area contributed by atoms with Gasteiger partial charge in [0.25, 0.3) is 0 Å². The van der Waals surface area contributed by atoms with E-state index in [1.807, 2.05) is 36.4 Å². The van der Waals surface area contributed by atoms with Crippen LogP contribution in [0.2, 0.25) is 0 Å². The molecule has 4 rings (SSSR count). The van der Waals surface area contributed by atoms with Gasteiger partial charge in [-0.15, -0.1) is 0 Å². The van der Waals surface area contributed by atoms with Crippen LogP contribution < -0.4 is 19.9 Å². The molecule has 2 amide bonds. The quantitative estimate of drug-likeness (QED) is 0.773. The molecule has 31 heavy (non-hydrogen) atoms. The molecule has 0 aliphatic carbocycles. The van der Waals surface area contributed by atoms with Crippen LogP contribution >= 0.6 is 0 Å². The van der Waals surface area contributed by atoms with Gasteiger partial charge in [0.1, 0.15) is 5.75 Å². The van der Waals surface area contributed by atoms with Crippen molar-refractivity contribution in [1.82, 2.24) is 10.2 Å². The average molecular weight is 423 g/mol. The lowest BCUT2D eigenvalue weighted by Crippen LogP contribution is -2.45. The van der Waals surface area contributed by atoms with Gasteiger partial charge in [-0.05, 0) is 30.8 Å². The Morgan fingerprint density at radius 2 is 1.87 bits per heavy atom. The number of rotatable bonds is 6. The molecule has 0 radical (unpaired) electrons.